The van der Waals surface area contributed by atoms with Gasteiger partial charge in [-0.2, -0.15) is 0 Å². The van der Waals surface area contributed by atoms with Gasteiger partial charge in [-0.25, -0.2) is 0 Å². The molecule has 0 unspecified atom stereocenters. The van der Waals surface area contributed by atoms with Crippen molar-refractivity contribution < 1.29 is 4.79 Å². The summed E-state index contributed by atoms with van der Waals surface area (Å²) in [6, 6.07) is 5.58. The number of rotatable bonds is 3. The Morgan fingerprint density at radius 3 is 2.81 bits per heavy atom. The zero-order valence-electron chi connectivity index (χ0n) is 8.86. The van der Waals surface area contributed by atoms with Crippen LogP contribution in [-0.2, 0) is 11.2 Å². The molecule has 1 aliphatic heterocycles. The molecule has 1 aromatic rings. The fraction of sp³-hybridized carbons (Fsp3) is 0.273. The molecule has 0 radical (unpaired) electrons. The van der Waals surface area contributed by atoms with Crippen molar-refractivity contribution in [3.05, 3.63) is 29.3 Å². The summed E-state index contributed by atoms with van der Waals surface area (Å²) in [7, 11) is 0. The Balaban J connectivity index is 2.28. The summed E-state index contributed by atoms with van der Waals surface area (Å²) in [6.45, 7) is 1.03. The average molecular weight is 218 g/mol. The van der Waals surface area contributed by atoms with E-state index in [-0.39, 0.29) is 18.3 Å². The lowest BCUT2D eigenvalue weighted by atomic mass is 10.1. The highest BCUT2D eigenvalue weighted by atomic mass is 16.1. The molecule has 0 aromatic heterocycles. The van der Waals surface area contributed by atoms with Crippen molar-refractivity contribution in [1.29, 1.82) is 5.41 Å². The quantitative estimate of drug-likeness (QED) is 0.485. The Hall–Kier alpha value is -2.04. The summed E-state index contributed by atoms with van der Waals surface area (Å²) in [5.74, 6) is -0.264. The topological polar surface area (TPSA) is 96.2 Å². The van der Waals surface area contributed by atoms with Crippen molar-refractivity contribution in [3.63, 3.8) is 0 Å². The first-order valence-electron chi connectivity index (χ1n) is 5.08. The Morgan fingerprint density at radius 1 is 1.44 bits per heavy atom. The number of nitrogens with zero attached hydrogens (tertiary/aromatic N) is 1. The van der Waals surface area contributed by atoms with Crippen molar-refractivity contribution in [3.8, 4) is 0 Å². The van der Waals surface area contributed by atoms with Crippen LogP contribution >= 0.6 is 0 Å². The van der Waals surface area contributed by atoms with Crippen LogP contribution in [0, 0.1) is 5.41 Å². The van der Waals surface area contributed by atoms with Crippen LogP contribution in [0.2, 0.25) is 0 Å². The number of amides is 1. The molecule has 0 aliphatic carbocycles. The van der Waals surface area contributed by atoms with Crippen molar-refractivity contribution >= 4 is 17.4 Å². The van der Waals surface area contributed by atoms with Crippen molar-refractivity contribution in [2.24, 2.45) is 11.5 Å². The minimum Gasteiger partial charge on any atom is -0.384 e. The highest BCUT2D eigenvalue weighted by molar-refractivity contribution is 5.95. The van der Waals surface area contributed by atoms with Crippen LogP contribution in [0.3, 0.4) is 0 Å². The molecule has 16 heavy (non-hydrogen) atoms. The van der Waals surface area contributed by atoms with Crippen LogP contribution < -0.4 is 16.4 Å². The second-order valence-electron chi connectivity index (χ2n) is 3.90. The van der Waals surface area contributed by atoms with Gasteiger partial charge in [0.1, 0.15) is 5.84 Å². The van der Waals surface area contributed by atoms with Gasteiger partial charge in [-0.3, -0.25) is 10.2 Å². The van der Waals surface area contributed by atoms with Crippen LogP contribution in [0.4, 0.5) is 5.69 Å². The van der Waals surface area contributed by atoms with Crippen LogP contribution in [0.25, 0.3) is 0 Å². The van der Waals surface area contributed by atoms with Gasteiger partial charge in [0.25, 0.3) is 0 Å². The highest BCUT2D eigenvalue weighted by Gasteiger charge is 2.20. The van der Waals surface area contributed by atoms with E-state index >= 15 is 0 Å². The number of hydrogen-bond acceptors (Lipinski definition) is 3. The van der Waals surface area contributed by atoms with Gasteiger partial charge in [-0.1, -0.05) is 0 Å². The van der Waals surface area contributed by atoms with E-state index in [9.17, 15) is 4.79 Å². The molecule has 2 rings (SSSR count). The number of primary amides is 1. The molecule has 1 aromatic carbocycles. The van der Waals surface area contributed by atoms with E-state index in [1.54, 1.807) is 6.07 Å². The number of carbonyl (C=O) groups is 1. The van der Waals surface area contributed by atoms with Gasteiger partial charge >= 0.3 is 0 Å². The van der Waals surface area contributed by atoms with E-state index < -0.39 is 0 Å². The molecule has 5 heteroatoms. The van der Waals surface area contributed by atoms with Gasteiger partial charge in [0.2, 0.25) is 5.91 Å². The fourth-order valence-corrected chi connectivity index (χ4v) is 1.99. The van der Waals surface area contributed by atoms with Crippen molar-refractivity contribution in [1.82, 2.24) is 0 Å². The summed E-state index contributed by atoms with van der Waals surface area (Å²) >= 11 is 0. The number of nitrogens with two attached hydrogens (primary N) is 2. The number of amidine groups is 1. The van der Waals surface area contributed by atoms with Gasteiger partial charge in [0.15, 0.2) is 0 Å². The molecular formula is C11H14N4O. The predicted octanol–water partition coefficient (Wildman–Crippen LogP) is -0.182. The van der Waals surface area contributed by atoms with Crippen molar-refractivity contribution in [2.75, 3.05) is 18.0 Å². The molecule has 1 aliphatic rings. The van der Waals surface area contributed by atoms with E-state index in [1.807, 2.05) is 17.0 Å². The molecule has 0 spiro atoms. The lowest BCUT2D eigenvalue weighted by molar-refractivity contribution is -0.116. The van der Waals surface area contributed by atoms with E-state index in [2.05, 4.69) is 0 Å². The number of carbonyl (C=O) groups excluding carboxylic acids is 1. The smallest absolute Gasteiger partial charge is 0.236 e. The van der Waals surface area contributed by atoms with Crippen LogP contribution in [0.1, 0.15) is 11.1 Å². The number of benzene rings is 1. The second kappa shape index (κ2) is 3.84. The first-order chi connectivity index (χ1) is 7.58. The molecule has 0 saturated heterocycles. The van der Waals surface area contributed by atoms with Crippen molar-refractivity contribution in [2.45, 2.75) is 6.42 Å². The Morgan fingerprint density at radius 2 is 2.19 bits per heavy atom. The Bertz CT molecular complexity index is 455. The largest absolute Gasteiger partial charge is 0.384 e. The number of anilines is 1. The van der Waals surface area contributed by atoms with Crippen LogP contribution in [-0.4, -0.2) is 24.8 Å². The van der Waals surface area contributed by atoms with E-state index in [4.69, 9.17) is 16.9 Å². The molecule has 0 atom stereocenters. The molecule has 84 valence electrons. The van der Waals surface area contributed by atoms with E-state index in [0.717, 1.165) is 29.8 Å². The lowest BCUT2D eigenvalue weighted by Crippen LogP contribution is -2.32. The maximum Gasteiger partial charge on any atom is 0.236 e. The van der Waals surface area contributed by atoms with Crippen LogP contribution in [0.5, 0.6) is 0 Å². The zero-order valence-corrected chi connectivity index (χ0v) is 8.86. The number of nitrogens with one attached hydrogen (secondary N) is 1. The first-order valence-corrected chi connectivity index (χ1v) is 5.08. The summed E-state index contributed by atoms with van der Waals surface area (Å²) in [5.41, 5.74) is 13.5. The standard InChI is InChI=1S/C11H14N4O/c12-10(16)6-15-4-3-7-5-8(11(13)14)1-2-9(7)15/h1-2,5H,3-4,6H2,(H2,12,16)(H3,13,14). The molecule has 0 bridgehead atoms. The van der Waals surface area contributed by atoms with Gasteiger partial charge < -0.3 is 16.4 Å². The lowest BCUT2D eigenvalue weighted by Gasteiger charge is -2.17. The summed E-state index contributed by atoms with van der Waals surface area (Å²) in [6.07, 6.45) is 0.865. The van der Waals surface area contributed by atoms with Gasteiger partial charge in [0.05, 0.1) is 6.54 Å². The second-order valence-corrected chi connectivity index (χ2v) is 3.90. The normalized spacial score (nSPS) is 13.6. The molecule has 1 amide bonds. The molecule has 0 fully saturated rings. The molecular weight excluding hydrogens is 204 g/mol. The predicted molar refractivity (Wildman–Crippen MR) is 62.6 cm³/mol. The minimum atomic E-state index is -0.330. The van der Waals surface area contributed by atoms with E-state index in [0.29, 0.717) is 0 Å². The molecule has 5 N–H and O–H groups in total. The Kier molecular flexibility index (Phi) is 2.52. The number of fused-ring (bicyclic) bond motifs is 1. The Labute approximate surface area is 93.5 Å². The third kappa shape index (κ3) is 1.84. The maximum absolute atomic E-state index is 10.9. The third-order valence-electron chi connectivity index (χ3n) is 2.73. The van der Waals surface area contributed by atoms with Crippen LogP contribution in [0.15, 0.2) is 18.2 Å². The third-order valence-corrected chi connectivity index (χ3v) is 2.73. The van der Waals surface area contributed by atoms with Gasteiger partial charge in [-0.15, -0.1) is 0 Å². The number of hydrogen-bond donors (Lipinski definition) is 3. The maximum atomic E-state index is 10.9. The number of nitrogen functional groups attached to an aromatic ring is 1. The summed E-state index contributed by atoms with van der Waals surface area (Å²) < 4.78 is 0. The van der Waals surface area contributed by atoms with E-state index in [1.165, 1.54) is 0 Å². The molecule has 5 nitrogen and oxygen atoms in total. The summed E-state index contributed by atoms with van der Waals surface area (Å²) in [5, 5.41) is 7.35. The molecule has 0 saturated carbocycles. The SMILES string of the molecule is N=C(N)c1ccc2c(c1)CCN2CC(N)=O. The fourth-order valence-electron chi connectivity index (χ4n) is 1.99. The zero-order chi connectivity index (χ0) is 11.7. The average Bonchev–Trinajstić information content (AvgIpc) is 2.60. The van der Waals surface area contributed by atoms with Gasteiger partial charge in [0, 0.05) is 17.8 Å². The minimum absolute atomic E-state index is 0.0659. The highest BCUT2D eigenvalue weighted by Crippen LogP contribution is 2.28. The monoisotopic (exact) mass is 218 g/mol. The first kappa shape index (κ1) is 10.5. The van der Waals surface area contributed by atoms with Gasteiger partial charge in [-0.05, 0) is 30.2 Å². The molecule has 1 heterocycles. The summed E-state index contributed by atoms with van der Waals surface area (Å²) in [4.78, 5) is 12.8.